The summed E-state index contributed by atoms with van der Waals surface area (Å²) < 4.78 is 31.3. The van der Waals surface area contributed by atoms with Crippen molar-refractivity contribution in [2.75, 3.05) is 7.11 Å². The van der Waals surface area contributed by atoms with Crippen molar-refractivity contribution in [2.24, 2.45) is 0 Å². The first-order valence-corrected chi connectivity index (χ1v) is 8.59. The molecular weight excluding hydrogens is 387 g/mol. The highest BCUT2D eigenvalue weighted by atomic mass is 35.5. The van der Waals surface area contributed by atoms with E-state index in [1.165, 1.54) is 37.4 Å². The molecule has 0 saturated carbocycles. The molecule has 2 rings (SSSR count). The lowest BCUT2D eigenvalue weighted by atomic mass is 10.3. The van der Waals surface area contributed by atoms with Crippen LogP contribution in [0.25, 0.3) is 0 Å². The van der Waals surface area contributed by atoms with Gasteiger partial charge in [-0.05, 0) is 12.1 Å². The van der Waals surface area contributed by atoms with Crippen LogP contribution in [0, 0.1) is 0 Å². The number of sulfonamides is 1. The molecular formula is C13H9Cl3N2O4S. The quantitative estimate of drug-likeness (QED) is 0.804. The van der Waals surface area contributed by atoms with Crippen molar-refractivity contribution in [2.45, 2.75) is 4.90 Å². The van der Waals surface area contributed by atoms with Crippen LogP contribution in [0.3, 0.4) is 0 Å². The molecule has 122 valence electrons. The number of aromatic nitrogens is 1. The topological polar surface area (TPSA) is 85.4 Å². The maximum Gasteiger partial charge on any atom is 0.283 e. The summed E-state index contributed by atoms with van der Waals surface area (Å²) >= 11 is 17.4. The van der Waals surface area contributed by atoms with E-state index in [-0.39, 0.29) is 31.5 Å². The maximum atomic E-state index is 12.3. The van der Waals surface area contributed by atoms with Gasteiger partial charge in [-0.3, -0.25) is 4.79 Å². The molecule has 0 aliphatic heterocycles. The number of rotatable bonds is 4. The fraction of sp³-hybridized carbons (Fsp3) is 0.0769. The van der Waals surface area contributed by atoms with Crippen molar-refractivity contribution in [3.8, 4) is 5.75 Å². The highest BCUT2D eigenvalue weighted by Crippen LogP contribution is 2.29. The molecule has 1 N–H and O–H groups in total. The molecule has 1 amide bonds. The minimum Gasteiger partial charge on any atom is -0.497 e. The number of carbonyl (C=O) groups excluding carboxylic acids is 1. The van der Waals surface area contributed by atoms with Crippen LogP contribution >= 0.6 is 34.8 Å². The molecule has 23 heavy (non-hydrogen) atoms. The number of amides is 1. The summed E-state index contributed by atoms with van der Waals surface area (Å²) in [5.41, 5.74) is -0.226. The highest BCUT2D eigenvalue weighted by Gasteiger charge is 2.23. The lowest BCUT2D eigenvalue weighted by Gasteiger charge is -2.09. The van der Waals surface area contributed by atoms with Gasteiger partial charge in [0, 0.05) is 12.1 Å². The van der Waals surface area contributed by atoms with Crippen molar-refractivity contribution >= 4 is 50.7 Å². The highest BCUT2D eigenvalue weighted by molar-refractivity contribution is 7.90. The molecule has 6 nitrogen and oxygen atoms in total. The van der Waals surface area contributed by atoms with Crippen LogP contribution in [0.4, 0.5) is 0 Å². The van der Waals surface area contributed by atoms with Crippen LogP contribution < -0.4 is 9.46 Å². The van der Waals surface area contributed by atoms with Crippen LogP contribution in [-0.2, 0) is 10.0 Å². The summed E-state index contributed by atoms with van der Waals surface area (Å²) in [5.74, 6) is -0.727. The minimum absolute atomic E-state index is 0.0207. The van der Waals surface area contributed by atoms with Crippen molar-refractivity contribution in [1.29, 1.82) is 0 Å². The van der Waals surface area contributed by atoms with E-state index in [0.29, 0.717) is 0 Å². The van der Waals surface area contributed by atoms with E-state index in [1.54, 1.807) is 0 Å². The fourth-order valence-electron chi connectivity index (χ4n) is 1.63. The molecule has 10 heteroatoms. The van der Waals surface area contributed by atoms with E-state index in [9.17, 15) is 13.2 Å². The maximum absolute atomic E-state index is 12.3. The number of halogens is 3. The Balaban J connectivity index is 2.36. The molecule has 0 bridgehead atoms. The summed E-state index contributed by atoms with van der Waals surface area (Å²) in [6.45, 7) is 0. The predicted octanol–water partition coefficient (Wildman–Crippen LogP) is 3.17. The number of pyridine rings is 1. The summed E-state index contributed by atoms with van der Waals surface area (Å²) in [7, 11) is -2.86. The van der Waals surface area contributed by atoms with Gasteiger partial charge in [-0.15, -0.1) is 0 Å². The number of nitrogens with zero attached hydrogens (tertiary/aromatic N) is 1. The average Bonchev–Trinajstić information content (AvgIpc) is 2.48. The number of ether oxygens (including phenoxy) is 1. The minimum atomic E-state index is -4.23. The molecule has 0 aliphatic carbocycles. The number of methoxy groups -OCH3 is 1. The molecule has 0 saturated heterocycles. The van der Waals surface area contributed by atoms with Crippen molar-refractivity contribution < 1.29 is 17.9 Å². The standard InChI is InChI=1S/C13H9Cl3N2O4S/c1-22-7-5-9(17-11(15)6-7)13(19)18-23(20,21)10-4-2-3-8(14)12(10)16/h2-6H,1H3,(H,18,19). The Morgan fingerprint density at radius 2 is 1.91 bits per heavy atom. The number of benzene rings is 1. The van der Waals surface area contributed by atoms with Gasteiger partial charge in [0.2, 0.25) is 0 Å². The number of hydrogen-bond acceptors (Lipinski definition) is 5. The van der Waals surface area contributed by atoms with E-state index in [0.717, 1.165) is 0 Å². The normalized spacial score (nSPS) is 11.1. The van der Waals surface area contributed by atoms with Gasteiger partial charge < -0.3 is 4.74 Å². The zero-order valence-electron chi connectivity index (χ0n) is 11.5. The molecule has 2 aromatic rings. The Labute approximate surface area is 147 Å². The largest absolute Gasteiger partial charge is 0.497 e. The summed E-state index contributed by atoms with van der Waals surface area (Å²) in [4.78, 5) is 15.5. The number of hydrogen-bond donors (Lipinski definition) is 1. The van der Waals surface area contributed by atoms with Gasteiger partial charge in [0.25, 0.3) is 15.9 Å². The van der Waals surface area contributed by atoms with Gasteiger partial charge in [-0.25, -0.2) is 18.1 Å². The summed E-state index contributed by atoms with van der Waals surface area (Å²) in [6, 6.07) is 6.66. The molecule has 1 heterocycles. The van der Waals surface area contributed by atoms with Gasteiger partial charge in [0.1, 0.15) is 21.5 Å². The van der Waals surface area contributed by atoms with E-state index < -0.39 is 15.9 Å². The van der Waals surface area contributed by atoms with E-state index in [4.69, 9.17) is 39.5 Å². The zero-order valence-corrected chi connectivity index (χ0v) is 14.6. The average molecular weight is 396 g/mol. The van der Waals surface area contributed by atoms with Gasteiger partial charge >= 0.3 is 0 Å². The summed E-state index contributed by atoms with van der Waals surface area (Å²) in [6.07, 6.45) is 0. The van der Waals surface area contributed by atoms with Crippen LogP contribution in [-0.4, -0.2) is 26.4 Å². The van der Waals surface area contributed by atoms with Gasteiger partial charge in [0.15, 0.2) is 0 Å². The Hall–Kier alpha value is -1.54. The van der Waals surface area contributed by atoms with Gasteiger partial charge in [0.05, 0.1) is 17.2 Å². The van der Waals surface area contributed by atoms with Crippen molar-refractivity contribution in [1.82, 2.24) is 9.71 Å². The van der Waals surface area contributed by atoms with E-state index in [2.05, 4.69) is 4.98 Å². The zero-order chi connectivity index (χ0) is 17.2. The monoisotopic (exact) mass is 394 g/mol. The fourth-order valence-corrected chi connectivity index (χ4v) is 3.55. The Kier molecular flexibility index (Phi) is 5.36. The molecule has 0 fully saturated rings. The third-order valence-corrected chi connectivity index (χ3v) is 5.17. The molecule has 0 spiro atoms. The van der Waals surface area contributed by atoms with E-state index in [1.807, 2.05) is 4.72 Å². The molecule has 1 aromatic heterocycles. The van der Waals surface area contributed by atoms with E-state index >= 15 is 0 Å². The Bertz CT molecular complexity index is 872. The Morgan fingerprint density at radius 1 is 1.22 bits per heavy atom. The second-order valence-electron chi connectivity index (χ2n) is 4.20. The summed E-state index contributed by atoms with van der Waals surface area (Å²) in [5, 5.41) is -0.164. The van der Waals surface area contributed by atoms with Crippen molar-refractivity contribution in [3.63, 3.8) is 0 Å². The molecule has 0 atom stereocenters. The van der Waals surface area contributed by atoms with Crippen molar-refractivity contribution in [3.05, 3.63) is 51.2 Å². The number of carbonyl (C=O) groups is 1. The first-order valence-electron chi connectivity index (χ1n) is 5.97. The molecule has 0 radical (unpaired) electrons. The predicted molar refractivity (Wildman–Crippen MR) is 86.9 cm³/mol. The van der Waals surface area contributed by atoms with Crippen LogP contribution in [0.1, 0.15) is 10.5 Å². The van der Waals surface area contributed by atoms with Gasteiger partial charge in [-0.1, -0.05) is 40.9 Å². The first kappa shape index (κ1) is 17.8. The Morgan fingerprint density at radius 3 is 2.57 bits per heavy atom. The number of nitrogens with one attached hydrogen (secondary N) is 1. The SMILES string of the molecule is COc1cc(Cl)nc(C(=O)NS(=O)(=O)c2cccc(Cl)c2Cl)c1. The third kappa shape index (κ3) is 4.06. The lowest BCUT2D eigenvalue weighted by molar-refractivity contribution is 0.0976. The third-order valence-electron chi connectivity index (χ3n) is 2.67. The first-order chi connectivity index (χ1) is 10.7. The molecule has 1 aromatic carbocycles. The second-order valence-corrected chi connectivity index (χ2v) is 7.02. The molecule has 0 unspecified atom stereocenters. The second kappa shape index (κ2) is 6.92. The molecule has 0 aliphatic rings. The van der Waals surface area contributed by atoms with Crippen LogP contribution in [0.15, 0.2) is 35.2 Å². The van der Waals surface area contributed by atoms with Crippen LogP contribution in [0.5, 0.6) is 5.75 Å². The lowest BCUT2D eigenvalue weighted by Crippen LogP contribution is -2.31. The van der Waals surface area contributed by atoms with Gasteiger partial charge in [-0.2, -0.15) is 0 Å². The smallest absolute Gasteiger partial charge is 0.283 e. The van der Waals surface area contributed by atoms with Crippen LogP contribution in [0.2, 0.25) is 15.2 Å².